The van der Waals surface area contributed by atoms with E-state index < -0.39 is 93.8 Å². The summed E-state index contributed by atoms with van der Waals surface area (Å²) in [6, 6.07) is 6.20. The summed E-state index contributed by atoms with van der Waals surface area (Å²) in [4.78, 5) is 26.2. The number of fused-ring (bicyclic) bond motifs is 1. The fourth-order valence-electron chi connectivity index (χ4n) is 5.02. The lowest BCUT2D eigenvalue weighted by molar-refractivity contribution is -0.338. The third kappa shape index (κ3) is 8.93. The van der Waals surface area contributed by atoms with E-state index in [0.717, 1.165) is 4.90 Å². The maximum Gasteiger partial charge on any atom is 0.330 e. The molecule has 17 heteroatoms. The summed E-state index contributed by atoms with van der Waals surface area (Å²) < 4.78 is 40.1. The molecule has 2 amide bonds. The Morgan fingerprint density at radius 2 is 1.51 bits per heavy atom. The summed E-state index contributed by atoms with van der Waals surface area (Å²) in [5.74, 6) is -2.05. The van der Waals surface area contributed by atoms with Crippen molar-refractivity contribution in [2.75, 3.05) is 39.1 Å². The molecule has 0 spiro atoms. The molecular weight excluding hydrogens is 621 g/mol. The third-order valence-electron chi connectivity index (χ3n) is 7.62. The van der Waals surface area contributed by atoms with Gasteiger partial charge in [-0.3, -0.25) is 19.1 Å². The first-order valence-corrected chi connectivity index (χ1v) is 16.5. The second-order valence-electron chi connectivity index (χ2n) is 10.8. The molecule has 2 heterocycles. The van der Waals surface area contributed by atoms with Crippen LogP contribution in [0.3, 0.4) is 0 Å². The number of carbonyl (C=O) groups is 2. The van der Waals surface area contributed by atoms with Crippen molar-refractivity contribution in [3.63, 3.8) is 0 Å². The standard InChI is InChI=1S/C28H44NO15P/c1-4-41-45(39,42-5-2)13-10-18-20(32)21(33)23(35)28(43-18)44-24(22(34)19(31)15(3)14-30)27(38)40-12-11-29-25(36)16-8-6-7-9-17(16)26(29)37/h6-9,15,18-24,27-28,30-35,38H,4-5,10-14H2,1-3H3. The van der Waals surface area contributed by atoms with Crippen LogP contribution in [0.15, 0.2) is 24.3 Å². The number of rotatable bonds is 18. The van der Waals surface area contributed by atoms with Gasteiger partial charge in [-0.15, -0.1) is 0 Å². The molecule has 16 nitrogen and oxygen atoms in total. The second-order valence-corrected chi connectivity index (χ2v) is 13.0. The van der Waals surface area contributed by atoms with Gasteiger partial charge in [-0.25, -0.2) is 0 Å². The van der Waals surface area contributed by atoms with E-state index in [2.05, 4.69) is 0 Å². The lowest BCUT2D eigenvalue weighted by atomic mass is 9.95. The monoisotopic (exact) mass is 665 g/mol. The van der Waals surface area contributed by atoms with Crippen molar-refractivity contribution in [1.29, 1.82) is 0 Å². The Bertz CT molecular complexity index is 1130. The largest absolute Gasteiger partial charge is 0.396 e. The molecule has 1 aromatic carbocycles. The highest BCUT2D eigenvalue weighted by Crippen LogP contribution is 2.49. The number of hydrogen-bond acceptors (Lipinski definition) is 15. The van der Waals surface area contributed by atoms with Crippen molar-refractivity contribution in [1.82, 2.24) is 4.90 Å². The minimum atomic E-state index is -3.59. The van der Waals surface area contributed by atoms with Crippen LogP contribution in [0.25, 0.3) is 0 Å². The molecule has 2 aliphatic rings. The highest BCUT2D eigenvalue weighted by molar-refractivity contribution is 7.53. The lowest BCUT2D eigenvalue weighted by Gasteiger charge is -2.43. The van der Waals surface area contributed by atoms with Crippen molar-refractivity contribution in [3.05, 3.63) is 35.4 Å². The third-order valence-corrected chi connectivity index (χ3v) is 9.73. The highest BCUT2D eigenvalue weighted by Gasteiger charge is 2.48. The predicted octanol–water partition coefficient (Wildman–Crippen LogP) is -1.18. The quantitative estimate of drug-likeness (QED) is 0.0554. The van der Waals surface area contributed by atoms with E-state index in [1.54, 1.807) is 26.0 Å². The van der Waals surface area contributed by atoms with Gasteiger partial charge in [0.25, 0.3) is 11.8 Å². The van der Waals surface area contributed by atoms with Crippen molar-refractivity contribution in [2.45, 2.75) is 82.5 Å². The van der Waals surface area contributed by atoms with Gasteiger partial charge in [-0.1, -0.05) is 19.1 Å². The van der Waals surface area contributed by atoms with Gasteiger partial charge < -0.3 is 59.0 Å². The van der Waals surface area contributed by atoms with E-state index in [1.807, 2.05) is 0 Å². The number of hydrogen-bond donors (Lipinski definition) is 7. The van der Waals surface area contributed by atoms with Gasteiger partial charge in [0, 0.05) is 12.5 Å². The zero-order chi connectivity index (χ0) is 33.5. The number of nitrogens with zero attached hydrogens (tertiary/aromatic N) is 1. The summed E-state index contributed by atoms with van der Waals surface area (Å²) in [5, 5.41) is 73.6. The normalized spacial score (nSPS) is 27.2. The average molecular weight is 666 g/mol. The first-order valence-electron chi connectivity index (χ1n) is 14.7. The van der Waals surface area contributed by atoms with E-state index in [1.165, 1.54) is 19.1 Å². The van der Waals surface area contributed by atoms with Crippen LogP contribution in [0.1, 0.15) is 47.9 Å². The fraction of sp³-hybridized carbons (Fsp3) is 0.714. The summed E-state index contributed by atoms with van der Waals surface area (Å²) in [5.41, 5.74) is 0.414. The number of carbonyl (C=O) groups excluding carboxylic acids is 2. The molecule has 1 saturated heterocycles. The van der Waals surface area contributed by atoms with E-state index >= 15 is 0 Å². The number of imide groups is 1. The number of benzene rings is 1. The molecule has 0 saturated carbocycles. The Balaban J connectivity index is 1.73. The molecule has 10 unspecified atom stereocenters. The topological polar surface area (TPSA) is 242 Å². The van der Waals surface area contributed by atoms with Gasteiger partial charge in [-0.2, -0.15) is 0 Å². The SMILES string of the molecule is CCOP(=O)(CCC1OC(OC(C(O)OCCN2C(=O)c3ccccc3C2=O)C(O)C(O)C(C)CO)C(O)C(O)C1O)OCC. The fourth-order valence-corrected chi connectivity index (χ4v) is 6.71. The van der Waals surface area contributed by atoms with Crippen LogP contribution in [-0.4, -0.2) is 147 Å². The molecule has 3 rings (SSSR count). The zero-order valence-electron chi connectivity index (χ0n) is 25.3. The summed E-state index contributed by atoms with van der Waals surface area (Å²) in [6.07, 6.45) is -16.6. The van der Waals surface area contributed by atoms with Gasteiger partial charge in [-0.05, 0) is 32.4 Å². The van der Waals surface area contributed by atoms with Gasteiger partial charge in [0.1, 0.15) is 30.5 Å². The Kier molecular flexibility index (Phi) is 14.0. The Morgan fingerprint density at radius 1 is 0.933 bits per heavy atom. The maximum atomic E-state index is 12.9. The van der Waals surface area contributed by atoms with Crippen LogP contribution < -0.4 is 0 Å². The van der Waals surface area contributed by atoms with Gasteiger partial charge in [0.05, 0.1) is 55.9 Å². The van der Waals surface area contributed by atoms with Crippen LogP contribution >= 0.6 is 7.60 Å². The number of aliphatic hydroxyl groups is 7. The molecule has 0 bridgehead atoms. The van der Waals surface area contributed by atoms with E-state index in [-0.39, 0.29) is 43.5 Å². The van der Waals surface area contributed by atoms with E-state index in [9.17, 15) is 49.9 Å². The first kappa shape index (κ1) is 37.6. The van der Waals surface area contributed by atoms with Crippen LogP contribution in [0, 0.1) is 5.92 Å². The van der Waals surface area contributed by atoms with Crippen molar-refractivity contribution >= 4 is 19.4 Å². The molecule has 2 aliphatic heterocycles. The van der Waals surface area contributed by atoms with Gasteiger partial charge in [0.15, 0.2) is 12.6 Å². The first-order chi connectivity index (χ1) is 21.3. The molecule has 10 atom stereocenters. The second kappa shape index (κ2) is 16.8. The maximum absolute atomic E-state index is 12.9. The smallest absolute Gasteiger partial charge is 0.330 e. The molecule has 1 aromatic rings. The van der Waals surface area contributed by atoms with Crippen molar-refractivity contribution < 1.29 is 73.2 Å². The summed E-state index contributed by atoms with van der Waals surface area (Å²) in [6.45, 7) is 3.51. The number of ether oxygens (including phenoxy) is 3. The molecule has 0 aliphatic carbocycles. The number of amides is 2. The molecule has 45 heavy (non-hydrogen) atoms. The van der Waals surface area contributed by atoms with Crippen LogP contribution in [0.2, 0.25) is 0 Å². The van der Waals surface area contributed by atoms with Gasteiger partial charge in [0.2, 0.25) is 0 Å². The highest BCUT2D eigenvalue weighted by atomic mass is 31.2. The zero-order valence-corrected chi connectivity index (χ0v) is 26.2. The molecule has 256 valence electrons. The Morgan fingerprint density at radius 3 is 2.04 bits per heavy atom. The number of aliphatic hydroxyl groups excluding tert-OH is 7. The van der Waals surface area contributed by atoms with Crippen LogP contribution in [-0.2, 0) is 27.8 Å². The van der Waals surface area contributed by atoms with Crippen LogP contribution in [0.4, 0.5) is 0 Å². The van der Waals surface area contributed by atoms with Crippen molar-refractivity contribution in [3.8, 4) is 0 Å². The molecule has 0 radical (unpaired) electrons. The van der Waals surface area contributed by atoms with E-state index in [0.29, 0.717) is 0 Å². The average Bonchev–Trinajstić information content (AvgIpc) is 3.26. The van der Waals surface area contributed by atoms with Gasteiger partial charge >= 0.3 is 7.60 Å². The summed E-state index contributed by atoms with van der Waals surface area (Å²) >= 11 is 0. The minimum absolute atomic E-state index is 0.0808. The van der Waals surface area contributed by atoms with Crippen LogP contribution in [0.5, 0.6) is 0 Å². The summed E-state index contributed by atoms with van der Waals surface area (Å²) in [7, 11) is -3.59. The molecular formula is C28H44NO15P. The lowest BCUT2D eigenvalue weighted by Crippen LogP contribution is -2.61. The molecule has 0 aromatic heterocycles. The molecule has 7 N–H and O–H groups in total. The Hall–Kier alpha value is -1.89. The van der Waals surface area contributed by atoms with Crippen molar-refractivity contribution in [2.24, 2.45) is 5.92 Å². The molecule has 1 fully saturated rings. The predicted molar refractivity (Wildman–Crippen MR) is 154 cm³/mol. The minimum Gasteiger partial charge on any atom is -0.396 e. The van der Waals surface area contributed by atoms with E-state index in [4.69, 9.17) is 23.3 Å². The Labute approximate surface area is 260 Å².